The fraction of sp³-hybridized carbons (Fsp3) is 0.106. The first kappa shape index (κ1) is 28.6. The van der Waals surface area contributed by atoms with Crippen LogP contribution in [0.3, 0.4) is 0 Å². The van der Waals surface area contributed by atoms with Gasteiger partial charge in [0.25, 0.3) is 0 Å². The Morgan fingerprint density at radius 1 is 0.633 bits per heavy atom. The van der Waals surface area contributed by atoms with Gasteiger partial charge >= 0.3 is 0 Å². The number of thiophene rings is 1. The first-order valence-electron chi connectivity index (χ1n) is 17.3. The van der Waals surface area contributed by atoms with Gasteiger partial charge in [-0.2, -0.15) is 0 Å². The highest BCUT2D eigenvalue weighted by Gasteiger charge is 2.38. The van der Waals surface area contributed by atoms with E-state index in [0.717, 1.165) is 0 Å². The third kappa shape index (κ3) is 4.17. The molecule has 2 aromatic heterocycles. The Kier molecular flexibility index (Phi) is 6.14. The molecule has 0 aliphatic heterocycles. The van der Waals surface area contributed by atoms with Crippen molar-refractivity contribution in [1.29, 1.82) is 0 Å². The minimum Gasteiger partial charge on any atom is -0.312 e. The molecule has 2 heteroatoms. The van der Waals surface area contributed by atoms with E-state index in [1.54, 1.807) is 0 Å². The van der Waals surface area contributed by atoms with Crippen molar-refractivity contribution in [3.05, 3.63) is 174 Å². The smallest absolute Gasteiger partial charge is 0.0537 e. The molecule has 0 bridgehead atoms. The second-order valence-electron chi connectivity index (χ2n) is 14.2. The van der Waals surface area contributed by atoms with Crippen LogP contribution in [0.2, 0.25) is 0 Å². The Morgan fingerprint density at radius 3 is 2.16 bits per heavy atom. The van der Waals surface area contributed by atoms with E-state index in [2.05, 4.69) is 177 Å². The second-order valence-corrected chi connectivity index (χ2v) is 15.2. The number of para-hydroxylation sites is 1. The minimum atomic E-state index is -0.131. The van der Waals surface area contributed by atoms with E-state index in [9.17, 15) is 0 Å². The van der Waals surface area contributed by atoms with Crippen molar-refractivity contribution in [3.63, 3.8) is 0 Å². The number of aromatic nitrogens is 1. The molecule has 1 atom stereocenters. The number of rotatable bonds is 3. The standard InChI is InChI=1S/C47H35NS/c1-29-17-18-33(32-21-19-31(20-22-32)30-11-5-4-6-12-30)27-39-36-13-7-9-15-41(36)48(46(29)39)34-23-24-35-37-25-26-43-44(38-14-8-10-16-42(38)49-43)45(37)47(2,3)40(35)28-34/h4-29H,1-3H3. The molecule has 6 aromatic carbocycles. The molecule has 1 nitrogen and oxygen atoms in total. The SMILES string of the molecule is CC1C=CC(c2ccc(-c3ccccc3)cc2)=Cc2c1n(-c1ccc3c(c1)C(C)(C)c1c-3ccc3sc4ccccc4c13)c1ccccc21. The molecule has 0 spiro atoms. The van der Waals surface area contributed by atoms with Gasteiger partial charge in [0.15, 0.2) is 0 Å². The van der Waals surface area contributed by atoms with Crippen molar-refractivity contribution >= 4 is 54.1 Å². The van der Waals surface area contributed by atoms with Crippen LogP contribution in [0.15, 0.2) is 146 Å². The summed E-state index contributed by atoms with van der Waals surface area (Å²) in [4.78, 5) is 0. The topological polar surface area (TPSA) is 4.93 Å². The fourth-order valence-corrected chi connectivity index (χ4v) is 9.73. The van der Waals surface area contributed by atoms with Crippen molar-refractivity contribution in [2.75, 3.05) is 0 Å². The fourth-order valence-electron chi connectivity index (χ4n) is 8.62. The molecule has 0 saturated heterocycles. The van der Waals surface area contributed by atoms with Gasteiger partial charge in [0.05, 0.1) is 5.52 Å². The van der Waals surface area contributed by atoms with Crippen LogP contribution in [-0.2, 0) is 5.41 Å². The Bertz CT molecular complexity index is 2680. The van der Waals surface area contributed by atoms with Crippen molar-refractivity contribution in [3.8, 4) is 27.9 Å². The van der Waals surface area contributed by atoms with Gasteiger partial charge in [-0.05, 0) is 80.9 Å². The van der Waals surface area contributed by atoms with Crippen LogP contribution >= 0.6 is 11.3 Å². The number of benzene rings is 6. The first-order valence-corrected chi connectivity index (χ1v) is 18.1. The van der Waals surface area contributed by atoms with Crippen LogP contribution in [0.1, 0.15) is 54.6 Å². The average molecular weight is 646 g/mol. The van der Waals surface area contributed by atoms with Gasteiger partial charge in [-0.25, -0.2) is 0 Å². The van der Waals surface area contributed by atoms with E-state index < -0.39 is 0 Å². The van der Waals surface area contributed by atoms with E-state index in [1.165, 1.54) is 92.5 Å². The van der Waals surface area contributed by atoms with Gasteiger partial charge in [-0.1, -0.05) is 136 Å². The van der Waals surface area contributed by atoms with Crippen LogP contribution in [0.25, 0.3) is 70.7 Å². The number of hydrogen-bond acceptors (Lipinski definition) is 1. The Labute approximate surface area is 291 Å². The summed E-state index contributed by atoms with van der Waals surface area (Å²) in [5.41, 5.74) is 15.6. The van der Waals surface area contributed by atoms with Crippen LogP contribution in [0, 0.1) is 0 Å². The Morgan fingerprint density at radius 2 is 1.33 bits per heavy atom. The maximum atomic E-state index is 2.53. The van der Waals surface area contributed by atoms with Crippen molar-refractivity contribution in [2.45, 2.75) is 32.1 Å². The lowest BCUT2D eigenvalue weighted by atomic mass is 9.80. The van der Waals surface area contributed by atoms with E-state index in [-0.39, 0.29) is 11.3 Å². The lowest BCUT2D eigenvalue weighted by molar-refractivity contribution is 0.666. The Balaban J connectivity index is 1.13. The highest BCUT2D eigenvalue weighted by atomic mass is 32.1. The molecule has 0 radical (unpaired) electrons. The molecule has 0 saturated carbocycles. The van der Waals surface area contributed by atoms with Crippen LogP contribution in [0.4, 0.5) is 0 Å². The molecular weight excluding hydrogens is 611 g/mol. The molecule has 8 aromatic rings. The van der Waals surface area contributed by atoms with Crippen molar-refractivity contribution < 1.29 is 0 Å². The van der Waals surface area contributed by atoms with E-state index in [1.807, 2.05) is 11.3 Å². The molecule has 49 heavy (non-hydrogen) atoms. The van der Waals surface area contributed by atoms with Gasteiger partial charge in [-0.15, -0.1) is 11.3 Å². The number of fused-ring (bicyclic) bond motifs is 10. The summed E-state index contributed by atoms with van der Waals surface area (Å²) >= 11 is 1.91. The highest BCUT2D eigenvalue weighted by Crippen LogP contribution is 2.54. The zero-order valence-corrected chi connectivity index (χ0v) is 28.7. The van der Waals surface area contributed by atoms with E-state index in [4.69, 9.17) is 0 Å². The summed E-state index contributed by atoms with van der Waals surface area (Å²) in [5.74, 6) is 0.231. The lowest BCUT2D eigenvalue weighted by Gasteiger charge is -2.24. The number of nitrogens with zero attached hydrogens (tertiary/aromatic N) is 1. The molecule has 0 fully saturated rings. The normalized spacial score (nSPS) is 16.1. The molecule has 10 rings (SSSR count). The quantitative estimate of drug-likeness (QED) is 0.180. The molecule has 0 N–H and O–H groups in total. The molecule has 2 heterocycles. The van der Waals surface area contributed by atoms with Crippen LogP contribution in [-0.4, -0.2) is 4.57 Å². The summed E-state index contributed by atoms with van der Waals surface area (Å²) in [6, 6.07) is 49.4. The summed E-state index contributed by atoms with van der Waals surface area (Å²) in [6.45, 7) is 7.18. The van der Waals surface area contributed by atoms with Gasteiger partial charge in [-0.3, -0.25) is 0 Å². The third-order valence-electron chi connectivity index (χ3n) is 11.0. The lowest BCUT2D eigenvalue weighted by Crippen LogP contribution is -2.16. The summed E-state index contributed by atoms with van der Waals surface area (Å²) in [5, 5.41) is 4.09. The van der Waals surface area contributed by atoms with E-state index >= 15 is 0 Å². The first-order chi connectivity index (χ1) is 24.0. The van der Waals surface area contributed by atoms with Crippen LogP contribution < -0.4 is 0 Å². The van der Waals surface area contributed by atoms with Gasteiger partial charge in [0.2, 0.25) is 0 Å². The molecule has 234 valence electrons. The monoisotopic (exact) mass is 645 g/mol. The molecule has 2 aliphatic carbocycles. The van der Waals surface area contributed by atoms with Gasteiger partial charge in [0, 0.05) is 53.8 Å². The average Bonchev–Trinajstić information content (AvgIpc) is 3.71. The second kappa shape index (κ2) is 10.5. The molecule has 2 aliphatic rings. The Hall–Kier alpha value is -5.44. The van der Waals surface area contributed by atoms with Crippen molar-refractivity contribution in [2.24, 2.45) is 0 Å². The zero-order chi connectivity index (χ0) is 32.9. The number of hydrogen-bond donors (Lipinski definition) is 0. The van der Waals surface area contributed by atoms with Crippen LogP contribution in [0.5, 0.6) is 0 Å². The number of allylic oxidation sites excluding steroid dienone is 3. The molecular formula is C47H35NS. The summed E-state index contributed by atoms with van der Waals surface area (Å²) in [7, 11) is 0. The molecule has 1 unspecified atom stereocenters. The molecule has 0 amide bonds. The highest BCUT2D eigenvalue weighted by molar-refractivity contribution is 7.25. The van der Waals surface area contributed by atoms with Gasteiger partial charge in [0.1, 0.15) is 0 Å². The van der Waals surface area contributed by atoms with Crippen molar-refractivity contribution in [1.82, 2.24) is 4.57 Å². The zero-order valence-electron chi connectivity index (χ0n) is 27.9. The van der Waals surface area contributed by atoms with E-state index in [0.29, 0.717) is 0 Å². The minimum absolute atomic E-state index is 0.131. The summed E-state index contributed by atoms with van der Waals surface area (Å²) < 4.78 is 5.27. The van der Waals surface area contributed by atoms with Gasteiger partial charge < -0.3 is 4.57 Å². The third-order valence-corrected chi connectivity index (χ3v) is 12.1. The predicted molar refractivity (Wildman–Crippen MR) is 211 cm³/mol. The maximum Gasteiger partial charge on any atom is 0.0537 e. The maximum absolute atomic E-state index is 2.53. The summed E-state index contributed by atoms with van der Waals surface area (Å²) in [6.07, 6.45) is 7.11. The predicted octanol–water partition coefficient (Wildman–Crippen LogP) is 13.2. The largest absolute Gasteiger partial charge is 0.312 e.